The minimum Gasteiger partial charge on any atom is -0.494 e. The van der Waals surface area contributed by atoms with E-state index < -0.39 is 6.23 Å². The van der Waals surface area contributed by atoms with Gasteiger partial charge in [0, 0.05) is 18.5 Å². The normalized spacial score (nSPS) is 17.0. The summed E-state index contributed by atoms with van der Waals surface area (Å²) < 4.78 is 11.3. The predicted molar refractivity (Wildman–Crippen MR) is 121 cm³/mol. The quantitative estimate of drug-likeness (QED) is 0.282. The zero-order valence-corrected chi connectivity index (χ0v) is 19.1. The van der Waals surface area contributed by atoms with Crippen molar-refractivity contribution in [2.45, 2.75) is 59.6 Å². The van der Waals surface area contributed by atoms with Crippen LogP contribution in [0.4, 0.5) is 0 Å². The third kappa shape index (κ3) is 6.99. The Labute approximate surface area is 180 Å². The summed E-state index contributed by atoms with van der Waals surface area (Å²) in [6.07, 6.45) is 3.36. The topological polar surface area (TPSA) is 104 Å². The van der Waals surface area contributed by atoms with E-state index in [2.05, 4.69) is 9.89 Å². The van der Waals surface area contributed by atoms with Gasteiger partial charge in [0.1, 0.15) is 17.8 Å². The van der Waals surface area contributed by atoms with Gasteiger partial charge in [-0.15, -0.1) is 0 Å². The van der Waals surface area contributed by atoms with Crippen LogP contribution in [-0.4, -0.2) is 48.7 Å². The van der Waals surface area contributed by atoms with Crippen molar-refractivity contribution in [2.75, 3.05) is 26.8 Å². The van der Waals surface area contributed by atoms with Crippen molar-refractivity contribution in [3.63, 3.8) is 0 Å². The Morgan fingerprint density at radius 2 is 2.00 bits per heavy atom. The highest BCUT2D eigenvalue weighted by Gasteiger charge is 2.24. The number of ether oxygens (including phenoxy) is 2. The lowest BCUT2D eigenvalue weighted by Gasteiger charge is -2.33. The first-order chi connectivity index (χ1) is 14.1. The number of rotatable bonds is 6. The monoisotopic (exact) mass is 418 g/mol. The molecule has 1 fully saturated rings. The molecular formula is C23H38N4O3. The molecule has 7 nitrogen and oxygen atoms in total. The molecule has 0 radical (unpaired) electrons. The maximum absolute atomic E-state index is 9.51. The van der Waals surface area contributed by atoms with Crippen LogP contribution in [0.15, 0.2) is 23.2 Å². The van der Waals surface area contributed by atoms with Gasteiger partial charge in [-0.2, -0.15) is 4.99 Å². The molecule has 168 valence electrons. The zero-order chi connectivity index (χ0) is 22.3. The van der Waals surface area contributed by atoms with Crippen molar-refractivity contribution in [3.05, 3.63) is 29.3 Å². The summed E-state index contributed by atoms with van der Waals surface area (Å²) in [6.45, 7) is 10.4. The fourth-order valence-electron chi connectivity index (χ4n) is 3.55. The van der Waals surface area contributed by atoms with Crippen LogP contribution in [-0.2, 0) is 4.74 Å². The molecule has 0 bridgehead atoms. The molecule has 0 saturated carbocycles. The Balaban J connectivity index is 1.74. The molecular weight excluding hydrogens is 380 g/mol. The summed E-state index contributed by atoms with van der Waals surface area (Å²) in [7, 11) is 1.63. The van der Waals surface area contributed by atoms with Crippen LogP contribution in [0.5, 0.6) is 5.75 Å². The number of hydrogen-bond donors (Lipinski definition) is 3. The predicted octanol–water partition coefficient (Wildman–Crippen LogP) is 3.84. The van der Waals surface area contributed by atoms with E-state index in [1.807, 2.05) is 45.9 Å². The van der Waals surface area contributed by atoms with E-state index in [4.69, 9.17) is 20.6 Å². The van der Waals surface area contributed by atoms with Crippen molar-refractivity contribution < 1.29 is 14.6 Å². The van der Waals surface area contributed by atoms with Gasteiger partial charge in [-0.25, -0.2) is 0 Å². The molecule has 4 N–H and O–H groups in total. The first-order valence-electron chi connectivity index (χ1n) is 10.8. The zero-order valence-electron chi connectivity index (χ0n) is 19.1. The average molecular weight is 419 g/mol. The average Bonchev–Trinajstić information content (AvgIpc) is 2.69. The Hall–Kier alpha value is -2.12. The molecule has 1 aromatic rings. The molecule has 0 amide bonds. The molecule has 30 heavy (non-hydrogen) atoms. The number of amidine groups is 2. The van der Waals surface area contributed by atoms with Gasteiger partial charge in [0.2, 0.25) is 0 Å². The van der Waals surface area contributed by atoms with Crippen molar-refractivity contribution >= 4 is 11.9 Å². The molecule has 7 heteroatoms. The molecule has 0 aromatic heterocycles. The van der Waals surface area contributed by atoms with Crippen LogP contribution in [0, 0.1) is 23.7 Å². The Kier molecular flexibility index (Phi) is 8.67. The van der Waals surface area contributed by atoms with E-state index in [1.165, 1.54) is 0 Å². The number of hydrogen-bond acceptors (Lipinski definition) is 5. The standard InChI is InChI=1S/C23H38N4O3/c1-16-15-18(8-9-19(16)20(24)28)30-14-6-7-17-10-12-27(13-11-17)22(29-5)26-21(25)23(2,3)4/h8-9,15,17,20,25,28H,6-7,10-14,24H2,1-5H3. The number of nitrogens with two attached hydrogens (primary N) is 1. The van der Waals surface area contributed by atoms with Gasteiger partial charge in [-0.3, -0.25) is 5.41 Å². The van der Waals surface area contributed by atoms with Crippen LogP contribution in [0.3, 0.4) is 0 Å². The van der Waals surface area contributed by atoms with Gasteiger partial charge < -0.3 is 25.2 Å². The highest BCUT2D eigenvalue weighted by molar-refractivity contribution is 5.94. The summed E-state index contributed by atoms with van der Waals surface area (Å²) in [5, 5.41) is 17.6. The smallest absolute Gasteiger partial charge is 0.293 e. The van der Waals surface area contributed by atoms with Crippen molar-refractivity contribution in [1.82, 2.24) is 4.90 Å². The van der Waals surface area contributed by atoms with E-state index in [1.54, 1.807) is 7.11 Å². The van der Waals surface area contributed by atoms with Crippen LogP contribution in [0.25, 0.3) is 0 Å². The number of nitrogens with one attached hydrogen (secondary N) is 1. The number of likely N-dealkylation sites (tertiary alicyclic amines) is 1. The van der Waals surface area contributed by atoms with E-state index in [-0.39, 0.29) is 5.41 Å². The van der Waals surface area contributed by atoms with Gasteiger partial charge in [-0.05, 0) is 61.8 Å². The minimum absolute atomic E-state index is 0.287. The van der Waals surface area contributed by atoms with Crippen LogP contribution in [0.2, 0.25) is 0 Å². The molecule has 1 aromatic carbocycles. The second kappa shape index (κ2) is 10.8. The summed E-state index contributed by atoms with van der Waals surface area (Å²) in [4.78, 5) is 6.55. The number of benzene rings is 1. The first-order valence-corrected chi connectivity index (χ1v) is 10.8. The summed E-state index contributed by atoms with van der Waals surface area (Å²) >= 11 is 0. The van der Waals surface area contributed by atoms with Crippen LogP contribution in [0.1, 0.15) is 63.8 Å². The SMILES string of the molecule is COC(=NC(=N)C(C)(C)C)N1CCC(CCCOc2ccc(C(N)O)c(C)c2)CC1. The summed E-state index contributed by atoms with van der Waals surface area (Å²) in [5.74, 6) is 1.82. The maximum atomic E-state index is 9.51. The summed E-state index contributed by atoms with van der Waals surface area (Å²) in [6, 6.07) is 6.15. The van der Waals surface area contributed by atoms with Crippen molar-refractivity contribution in [1.29, 1.82) is 5.41 Å². The van der Waals surface area contributed by atoms with Gasteiger partial charge in [0.15, 0.2) is 0 Å². The van der Waals surface area contributed by atoms with Gasteiger partial charge >= 0.3 is 0 Å². The van der Waals surface area contributed by atoms with Crippen LogP contribution < -0.4 is 10.5 Å². The molecule has 1 aliphatic heterocycles. The van der Waals surface area contributed by atoms with E-state index in [9.17, 15) is 5.11 Å². The molecule has 1 unspecified atom stereocenters. The highest BCUT2D eigenvalue weighted by atomic mass is 16.5. The Morgan fingerprint density at radius 1 is 1.33 bits per heavy atom. The Morgan fingerprint density at radius 3 is 2.53 bits per heavy atom. The fourth-order valence-corrected chi connectivity index (χ4v) is 3.55. The summed E-state index contributed by atoms with van der Waals surface area (Å²) in [5.41, 5.74) is 6.91. The van der Waals surface area contributed by atoms with Gasteiger partial charge in [-0.1, -0.05) is 26.8 Å². The minimum atomic E-state index is -0.951. The molecule has 1 heterocycles. The Bertz CT molecular complexity index is 732. The molecule has 0 spiro atoms. The second-order valence-electron chi connectivity index (χ2n) is 9.08. The molecule has 1 aliphatic rings. The number of piperidine rings is 1. The number of aliphatic hydroxyl groups is 1. The molecule has 0 aliphatic carbocycles. The lowest BCUT2D eigenvalue weighted by Crippen LogP contribution is -2.40. The fraction of sp³-hybridized carbons (Fsp3) is 0.652. The third-order valence-electron chi connectivity index (χ3n) is 5.57. The largest absolute Gasteiger partial charge is 0.494 e. The number of aliphatic hydroxyl groups excluding tert-OH is 1. The maximum Gasteiger partial charge on any atom is 0.293 e. The number of aryl methyl sites for hydroxylation is 1. The first kappa shape index (κ1) is 24.2. The van der Waals surface area contributed by atoms with E-state index in [0.29, 0.717) is 24.4 Å². The lowest BCUT2D eigenvalue weighted by molar-refractivity contribution is 0.185. The van der Waals surface area contributed by atoms with Crippen LogP contribution >= 0.6 is 0 Å². The molecule has 1 atom stereocenters. The molecule has 2 rings (SSSR count). The number of methoxy groups -OCH3 is 1. The number of nitrogens with zero attached hydrogens (tertiary/aromatic N) is 2. The molecule has 1 saturated heterocycles. The lowest BCUT2D eigenvalue weighted by atomic mass is 9.92. The van der Waals surface area contributed by atoms with Gasteiger partial charge in [0.05, 0.1) is 13.7 Å². The number of aliphatic imine (C=N–C) groups is 1. The van der Waals surface area contributed by atoms with E-state index >= 15 is 0 Å². The van der Waals surface area contributed by atoms with Crippen molar-refractivity contribution in [3.8, 4) is 5.75 Å². The van der Waals surface area contributed by atoms with Crippen molar-refractivity contribution in [2.24, 2.45) is 22.1 Å². The third-order valence-corrected chi connectivity index (χ3v) is 5.57. The highest BCUT2D eigenvalue weighted by Crippen LogP contribution is 2.24. The second-order valence-corrected chi connectivity index (χ2v) is 9.08. The van der Waals surface area contributed by atoms with Gasteiger partial charge in [0.25, 0.3) is 6.02 Å². The van der Waals surface area contributed by atoms with E-state index in [0.717, 1.165) is 55.6 Å².